The maximum absolute atomic E-state index is 8.92. The molecule has 2 nitrogen and oxygen atoms in total. The van der Waals surface area contributed by atoms with E-state index in [1.165, 1.54) is 56.9 Å². The molecule has 3 rings (SSSR count). The summed E-state index contributed by atoms with van der Waals surface area (Å²) in [5.41, 5.74) is 2.15. The molecule has 2 saturated carbocycles. The van der Waals surface area contributed by atoms with Crippen molar-refractivity contribution in [2.24, 2.45) is 17.8 Å². The van der Waals surface area contributed by atoms with Crippen molar-refractivity contribution in [1.82, 2.24) is 0 Å². The van der Waals surface area contributed by atoms with Crippen LogP contribution in [0, 0.1) is 40.4 Å². The summed E-state index contributed by atoms with van der Waals surface area (Å²) < 4.78 is 0. The van der Waals surface area contributed by atoms with Crippen molar-refractivity contribution in [3.8, 4) is 12.1 Å². The first kappa shape index (κ1) is 18.5. The van der Waals surface area contributed by atoms with E-state index in [4.69, 9.17) is 10.5 Å². The van der Waals surface area contributed by atoms with Gasteiger partial charge >= 0.3 is 0 Å². The van der Waals surface area contributed by atoms with Gasteiger partial charge in [-0.25, -0.2) is 0 Å². The maximum atomic E-state index is 8.92. The molecule has 0 saturated heterocycles. The molecule has 0 aliphatic heterocycles. The lowest BCUT2D eigenvalue weighted by atomic mass is 9.77. The molecule has 26 heavy (non-hydrogen) atoms. The van der Waals surface area contributed by atoms with E-state index in [1.54, 1.807) is 6.08 Å². The summed E-state index contributed by atoms with van der Waals surface area (Å²) in [6.07, 6.45) is 18.7. The second-order valence-electron chi connectivity index (χ2n) is 7.89. The summed E-state index contributed by atoms with van der Waals surface area (Å²) in [6.45, 7) is 0. The topological polar surface area (TPSA) is 47.6 Å². The van der Waals surface area contributed by atoms with E-state index in [1.807, 2.05) is 12.1 Å². The van der Waals surface area contributed by atoms with E-state index >= 15 is 0 Å². The second kappa shape index (κ2) is 9.40. The average molecular weight is 345 g/mol. The Bertz CT molecular complexity index is 698. The minimum absolute atomic E-state index is 0.613. The number of rotatable bonds is 4. The van der Waals surface area contributed by atoms with Crippen LogP contribution in [0.4, 0.5) is 0 Å². The molecule has 0 unspecified atom stereocenters. The van der Waals surface area contributed by atoms with Gasteiger partial charge in [-0.2, -0.15) is 10.5 Å². The Morgan fingerprint density at radius 3 is 1.69 bits per heavy atom. The molecule has 2 fully saturated rings. The molecule has 0 atom stereocenters. The lowest BCUT2D eigenvalue weighted by Crippen LogP contribution is -2.14. The number of hydrogen-bond acceptors (Lipinski definition) is 2. The Balaban J connectivity index is 1.42. The molecule has 0 aromatic heterocycles. The third kappa shape index (κ3) is 5.09. The van der Waals surface area contributed by atoms with Gasteiger partial charge in [0.2, 0.25) is 0 Å². The number of benzene rings is 1. The summed E-state index contributed by atoms with van der Waals surface area (Å²) in [4.78, 5) is 0. The van der Waals surface area contributed by atoms with Crippen LogP contribution in [0.25, 0.3) is 0 Å². The first-order chi connectivity index (χ1) is 12.8. The van der Waals surface area contributed by atoms with Crippen LogP contribution in [-0.2, 0) is 0 Å². The minimum Gasteiger partial charge on any atom is -0.193 e. The Hall–Kier alpha value is -2.32. The first-order valence-corrected chi connectivity index (χ1v) is 10.0. The number of nitriles is 2. The molecular weight excluding hydrogens is 316 g/mol. The standard InChI is InChI=1S/C24H28N2/c25-17-1-2-19-3-5-20(6-4-19)7-8-21-9-13-23(14-10-21)24-15-11-22(18-26)12-16-24/h1-2,7-8,11-12,15-16,19-21,23H,3-6,9-10,13-14H2/b2-1?,8-7+/t19-,20-,21-,23-. The van der Waals surface area contributed by atoms with Crippen molar-refractivity contribution in [3.05, 3.63) is 59.7 Å². The van der Waals surface area contributed by atoms with Gasteiger partial charge in [0.1, 0.15) is 0 Å². The predicted octanol–water partition coefficient (Wildman–Crippen LogP) is 6.27. The van der Waals surface area contributed by atoms with Gasteiger partial charge in [-0.05, 0) is 92.7 Å². The van der Waals surface area contributed by atoms with E-state index in [-0.39, 0.29) is 0 Å². The van der Waals surface area contributed by atoms with Crippen LogP contribution in [0.5, 0.6) is 0 Å². The van der Waals surface area contributed by atoms with Gasteiger partial charge in [0, 0.05) is 6.08 Å². The molecule has 0 amide bonds. The van der Waals surface area contributed by atoms with Crippen molar-refractivity contribution in [2.75, 3.05) is 0 Å². The van der Waals surface area contributed by atoms with Crippen molar-refractivity contribution in [3.63, 3.8) is 0 Å². The predicted molar refractivity (Wildman–Crippen MR) is 105 cm³/mol. The van der Waals surface area contributed by atoms with Crippen LogP contribution in [0.15, 0.2) is 48.6 Å². The third-order valence-corrected chi connectivity index (χ3v) is 6.20. The maximum Gasteiger partial charge on any atom is 0.0991 e. The van der Waals surface area contributed by atoms with Gasteiger partial charge < -0.3 is 0 Å². The number of hydrogen-bond donors (Lipinski definition) is 0. The molecule has 2 aliphatic carbocycles. The van der Waals surface area contributed by atoms with Gasteiger partial charge in [-0.1, -0.05) is 30.4 Å². The normalized spacial score (nSPS) is 29.5. The monoisotopic (exact) mass is 344 g/mol. The summed E-state index contributed by atoms with van der Waals surface area (Å²) in [7, 11) is 0. The fraction of sp³-hybridized carbons (Fsp3) is 0.500. The Morgan fingerprint density at radius 1 is 0.692 bits per heavy atom. The molecular formula is C24H28N2. The van der Waals surface area contributed by atoms with Crippen molar-refractivity contribution in [1.29, 1.82) is 10.5 Å². The van der Waals surface area contributed by atoms with Gasteiger partial charge in [0.25, 0.3) is 0 Å². The zero-order valence-corrected chi connectivity index (χ0v) is 15.5. The Morgan fingerprint density at radius 2 is 1.19 bits per heavy atom. The Labute approximate surface area is 157 Å². The second-order valence-corrected chi connectivity index (χ2v) is 7.89. The first-order valence-electron chi connectivity index (χ1n) is 10.0. The highest BCUT2D eigenvalue weighted by molar-refractivity contribution is 5.33. The fourth-order valence-electron chi connectivity index (χ4n) is 4.50. The minimum atomic E-state index is 0.613. The lowest BCUT2D eigenvalue weighted by Gasteiger charge is -2.28. The molecule has 0 bridgehead atoms. The number of allylic oxidation sites excluding steroid dienone is 4. The molecule has 0 spiro atoms. The van der Waals surface area contributed by atoms with Gasteiger partial charge in [0.15, 0.2) is 0 Å². The van der Waals surface area contributed by atoms with E-state index in [0.717, 1.165) is 17.4 Å². The molecule has 134 valence electrons. The summed E-state index contributed by atoms with van der Waals surface area (Å²) in [5.74, 6) is 2.75. The van der Waals surface area contributed by atoms with Crippen LogP contribution >= 0.6 is 0 Å². The smallest absolute Gasteiger partial charge is 0.0991 e. The molecule has 2 aliphatic rings. The number of nitrogens with zero attached hydrogens (tertiary/aromatic N) is 2. The van der Waals surface area contributed by atoms with Gasteiger partial charge in [-0.15, -0.1) is 0 Å². The quantitative estimate of drug-likeness (QED) is 0.477. The highest BCUT2D eigenvalue weighted by Crippen LogP contribution is 2.37. The van der Waals surface area contributed by atoms with Crippen LogP contribution in [0.3, 0.4) is 0 Å². The average Bonchev–Trinajstić information content (AvgIpc) is 2.72. The van der Waals surface area contributed by atoms with Crippen LogP contribution in [-0.4, -0.2) is 0 Å². The van der Waals surface area contributed by atoms with E-state index < -0.39 is 0 Å². The van der Waals surface area contributed by atoms with Crippen molar-refractivity contribution >= 4 is 0 Å². The van der Waals surface area contributed by atoms with Crippen LogP contribution in [0.2, 0.25) is 0 Å². The fourth-order valence-corrected chi connectivity index (χ4v) is 4.50. The summed E-state index contributed by atoms with van der Waals surface area (Å²) in [6, 6.07) is 12.5. The molecule has 0 N–H and O–H groups in total. The third-order valence-electron chi connectivity index (χ3n) is 6.20. The largest absolute Gasteiger partial charge is 0.193 e. The van der Waals surface area contributed by atoms with E-state index in [2.05, 4.69) is 42.5 Å². The van der Waals surface area contributed by atoms with Gasteiger partial charge in [0.05, 0.1) is 17.7 Å². The molecule has 2 heteroatoms. The van der Waals surface area contributed by atoms with Crippen LogP contribution in [0.1, 0.15) is 68.4 Å². The SMILES string of the molecule is N#CC=C[C@H]1CC[C@H](/C=C/[C@H]2CC[C@H](c3ccc(C#N)cc3)CC2)CC1. The van der Waals surface area contributed by atoms with Crippen molar-refractivity contribution in [2.45, 2.75) is 57.3 Å². The zero-order chi connectivity index (χ0) is 18.2. The Kier molecular flexibility index (Phi) is 6.68. The highest BCUT2D eigenvalue weighted by atomic mass is 14.3. The highest BCUT2D eigenvalue weighted by Gasteiger charge is 2.22. The van der Waals surface area contributed by atoms with Crippen molar-refractivity contribution < 1.29 is 0 Å². The van der Waals surface area contributed by atoms with Gasteiger partial charge in [-0.3, -0.25) is 0 Å². The zero-order valence-electron chi connectivity index (χ0n) is 15.5. The molecule has 1 aromatic carbocycles. The van der Waals surface area contributed by atoms with Crippen LogP contribution < -0.4 is 0 Å². The molecule has 1 aromatic rings. The molecule has 0 radical (unpaired) electrons. The lowest BCUT2D eigenvalue weighted by molar-refractivity contribution is 0.348. The van der Waals surface area contributed by atoms with E-state index in [9.17, 15) is 0 Å². The van der Waals surface area contributed by atoms with E-state index in [0.29, 0.717) is 11.8 Å². The molecule has 0 heterocycles. The summed E-state index contributed by atoms with van der Waals surface area (Å²) >= 11 is 0. The summed E-state index contributed by atoms with van der Waals surface area (Å²) in [5, 5.41) is 17.6.